The summed E-state index contributed by atoms with van der Waals surface area (Å²) in [6.07, 6.45) is -4.66. The number of hydrogen-bond acceptors (Lipinski definition) is 3. The van der Waals surface area contributed by atoms with Crippen LogP contribution in [0.15, 0.2) is 18.2 Å². The minimum atomic E-state index is -4.66. The van der Waals surface area contributed by atoms with E-state index in [2.05, 4.69) is 16.6 Å². The van der Waals surface area contributed by atoms with E-state index >= 15 is 0 Å². The number of hydrogen-bond donors (Lipinski definition) is 0. The van der Waals surface area contributed by atoms with Crippen LogP contribution in [0.3, 0.4) is 0 Å². The topological polar surface area (TPSA) is 27.7 Å². The maximum absolute atomic E-state index is 11.8. The molecule has 0 fully saturated rings. The van der Waals surface area contributed by atoms with Crippen molar-refractivity contribution in [3.8, 4) is 23.3 Å². The number of alkyl halides is 4. The van der Waals surface area contributed by atoms with Crippen molar-refractivity contribution in [3.63, 3.8) is 0 Å². The van der Waals surface area contributed by atoms with Crippen LogP contribution >= 0.6 is 11.6 Å². The van der Waals surface area contributed by atoms with Gasteiger partial charge in [-0.2, -0.15) is 0 Å². The van der Waals surface area contributed by atoms with Gasteiger partial charge in [0.25, 0.3) is 0 Å². The van der Waals surface area contributed by atoms with Crippen molar-refractivity contribution in [2.75, 3.05) is 26.2 Å². The molecular formula is C13H12ClF3O3. The normalized spacial score (nSPS) is 10.7. The fourth-order valence-electron chi connectivity index (χ4n) is 1.30. The van der Waals surface area contributed by atoms with Crippen LogP contribution in [0.25, 0.3) is 0 Å². The molecule has 0 aromatic heterocycles. The van der Waals surface area contributed by atoms with E-state index in [0.29, 0.717) is 17.1 Å². The van der Waals surface area contributed by atoms with Crippen molar-refractivity contribution >= 4 is 11.6 Å². The standard InChI is InChI=1S/C13H12ClF3O3/c1-18-11-4-5-12(10(9-11)3-2-6-14)19-7-8-20-13(15,16)17/h4-5,9H,6-8H2,1H3. The molecule has 0 N–H and O–H groups in total. The molecule has 0 heterocycles. The molecule has 3 nitrogen and oxygen atoms in total. The van der Waals surface area contributed by atoms with Gasteiger partial charge < -0.3 is 9.47 Å². The lowest BCUT2D eigenvalue weighted by molar-refractivity contribution is -0.325. The van der Waals surface area contributed by atoms with Gasteiger partial charge in [-0.25, -0.2) is 0 Å². The highest BCUT2D eigenvalue weighted by molar-refractivity contribution is 6.19. The Labute approximate surface area is 119 Å². The molecule has 0 aliphatic rings. The first kappa shape index (κ1) is 16.5. The van der Waals surface area contributed by atoms with Crippen molar-refractivity contribution in [1.82, 2.24) is 0 Å². The van der Waals surface area contributed by atoms with Gasteiger partial charge in [0.1, 0.15) is 18.1 Å². The first-order chi connectivity index (χ1) is 9.46. The van der Waals surface area contributed by atoms with Gasteiger partial charge in [0.05, 0.1) is 25.2 Å². The molecule has 0 amide bonds. The van der Waals surface area contributed by atoms with Gasteiger partial charge in [0.2, 0.25) is 0 Å². The molecule has 1 aromatic rings. The highest BCUT2D eigenvalue weighted by Crippen LogP contribution is 2.23. The second-order valence-corrected chi connectivity index (χ2v) is 3.71. The fourth-order valence-corrected chi connectivity index (χ4v) is 1.36. The number of rotatable bonds is 5. The largest absolute Gasteiger partial charge is 0.522 e. The second kappa shape index (κ2) is 7.88. The van der Waals surface area contributed by atoms with E-state index in [4.69, 9.17) is 21.1 Å². The maximum atomic E-state index is 11.8. The molecule has 0 aliphatic heterocycles. The average Bonchev–Trinajstić information content (AvgIpc) is 2.40. The fraction of sp³-hybridized carbons (Fsp3) is 0.385. The molecule has 1 rings (SSSR count). The summed E-state index contributed by atoms with van der Waals surface area (Å²) in [5.74, 6) is 6.42. The van der Waals surface area contributed by atoms with Crippen LogP contribution in [-0.2, 0) is 4.74 Å². The Bertz CT molecular complexity index is 492. The number of methoxy groups -OCH3 is 1. The Morgan fingerprint density at radius 1 is 1.25 bits per heavy atom. The summed E-state index contributed by atoms with van der Waals surface area (Å²) in [6, 6.07) is 4.79. The zero-order chi connectivity index (χ0) is 15.0. The molecule has 0 saturated carbocycles. The van der Waals surface area contributed by atoms with Gasteiger partial charge >= 0.3 is 6.36 Å². The smallest absolute Gasteiger partial charge is 0.497 e. The maximum Gasteiger partial charge on any atom is 0.522 e. The van der Waals surface area contributed by atoms with Gasteiger partial charge in [0.15, 0.2) is 0 Å². The van der Waals surface area contributed by atoms with Crippen LogP contribution < -0.4 is 9.47 Å². The van der Waals surface area contributed by atoms with Gasteiger partial charge in [-0.3, -0.25) is 4.74 Å². The quantitative estimate of drug-likeness (QED) is 0.475. The first-order valence-corrected chi connectivity index (χ1v) is 6.06. The highest BCUT2D eigenvalue weighted by atomic mass is 35.5. The molecule has 7 heteroatoms. The predicted octanol–water partition coefficient (Wildman–Crippen LogP) is 3.20. The molecule has 0 spiro atoms. The van der Waals surface area contributed by atoms with Gasteiger partial charge in [-0.1, -0.05) is 11.8 Å². The van der Waals surface area contributed by atoms with Gasteiger partial charge in [-0.05, 0) is 18.2 Å². The van der Waals surface area contributed by atoms with Crippen molar-refractivity contribution in [2.45, 2.75) is 6.36 Å². The number of halogens is 4. The second-order valence-electron chi connectivity index (χ2n) is 3.44. The lowest BCUT2D eigenvalue weighted by Gasteiger charge is -2.11. The minimum absolute atomic E-state index is 0.133. The number of ether oxygens (including phenoxy) is 3. The molecule has 0 saturated heterocycles. The summed E-state index contributed by atoms with van der Waals surface area (Å²) in [6.45, 7) is -0.848. The van der Waals surface area contributed by atoms with Crippen molar-refractivity contribution < 1.29 is 27.4 Å². The molecule has 0 aliphatic carbocycles. The Hall–Kier alpha value is -1.58. The third-order valence-electron chi connectivity index (χ3n) is 2.08. The molecule has 0 radical (unpaired) electrons. The summed E-state index contributed by atoms with van der Waals surface area (Å²) >= 11 is 5.46. The Kier molecular flexibility index (Phi) is 6.49. The molecule has 110 valence electrons. The molecular weight excluding hydrogens is 297 g/mol. The Morgan fingerprint density at radius 3 is 2.60 bits per heavy atom. The summed E-state index contributed by atoms with van der Waals surface area (Å²) in [4.78, 5) is 0. The van der Waals surface area contributed by atoms with Crippen LogP contribution in [0.1, 0.15) is 5.56 Å². The van der Waals surface area contributed by atoms with Gasteiger partial charge in [-0.15, -0.1) is 24.8 Å². The van der Waals surface area contributed by atoms with E-state index < -0.39 is 13.0 Å². The summed E-state index contributed by atoms with van der Waals surface area (Å²) in [5, 5.41) is 0. The van der Waals surface area contributed by atoms with Crippen molar-refractivity contribution in [3.05, 3.63) is 23.8 Å². The lowest BCUT2D eigenvalue weighted by atomic mass is 10.2. The zero-order valence-corrected chi connectivity index (χ0v) is 11.3. The van der Waals surface area contributed by atoms with Crippen LogP contribution in [0, 0.1) is 11.8 Å². The lowest BCUT2D eigenvalue weighted by Crippen LogP contribution is -2.18. The highest BCUT2D eigenvalue weighted by Gasteiger charge is 2.28. The molecule has 20 heavy (non-hydrogen) atoms. The van der Waals surface area contributed by atoms with Crippen LogP contribution in [0.4, 0.5) is 13.2 Å². The van der Waals surface area contributed by atoms with E-state index in [1.165, 1.54) is 7.11 Å². The van der Waals surface area contributed by atoms with E-state index in [0.717, 1.165) is 0 Å². The van der Waals surface area contributed by atoms with Crippen LogP contribution in [0.2, 0.25) is 0 Å². The molecule has 0 bridgehead atoms. The minimum Gasteiger partial charge on any atom is -0.497 e. The molecule has 0 atom stereocenters. The summed E-state index contributed by atoms with van der Waals surface area (Å²) in [5.41, 5.74) is 0.483. The molecule has 0 unspecified atom stereocenters. The van der Waals surface area contributed by atoms with Crippen molar-refractivity contribution in [2.24, 2.45) is 0 Å². The SMILES string of the molecule is COc1ccc(OCCOC(F)(F)F)c(C#CCCl)c1. The van der Waals surface area contributed by atoms with Gasteiger partial charge in [0, 0.05) is 0 Å². The molecule has 1 aromatic carbocycles. The van der Waals surface area contributed by atoms with E-state index in [1.807, 2.05) is 0 Å². The Balaban J connectivity index is 2.68. The monoisotopic (exact) mass is 308 g/mol. The van der Waals surface area contributed by atoms with Crippen LogP contribution in [-0.4, -0.2) is 32.6 Å². The van der Waals surface area contributed by atoms with E-state index in [1.54, 1.807) is 18.2 Å². The average molecular weight is 309 g/mol. The third-order valence-corrected chi connectivity index (χ3v) is 2.22. The third kappa shape index (κ3) is 6.04. The zero-order valence-electron chi connectivity index (χ0n) is 10.6. The van der Waals surface area contributed by atoms with Crippen LogP contribution in [0.5, 0.6) is 11.5 Å². The van der Waals surface area contributed by atoms with Crippen molar-refractivity contribution in [1.29, 1.82) is 0 Å². The predicted molar refractivity (Wildman–Crippen MR) is 68.1 cm³/mol. The Morgan fingerprint density at radius 2 is 2.00 bits per heavy atom. The summed E-state index contributed by atoms with van der Waals surface area (Å²) in [7, 11) is 1.49. The first-order valence-electron chi connectivity index (χ1n) is 5.52. The van der Waals surface area contributed by atoms with E-state index in [9.17, 15) is 13.2 Å². The number of benzene rings is 1. The van der Waals surface area contributed by atoms with E-state index in [-0.39, 0.29) is 12.5 Å². The summed E-state index contributed by atoms with van der Waals surface area (Å²) < 4.78 is 49.2.